The van der Waals surface area contributed by atoms with Gasteiger partial charge in [-0.3, -0.25) is 9.97 Å². The van der Waals surface area contributed by atoms with Crippen LogP contribution in [0.15, 0.2) is 85.2 Å². The molecule has 27 heavy (non-hydrogen) atoms. The van der Waals surface area contributed by atoms with Crippen LogP contribution in [-0.4, -0.2) is 19.8 Å². The molecule has 0 radical (unpaired) electrons. The summed E-state index contributed by atoms with van der Waals surface area (Å²) in [5.74, 6) is 0. The van der Waals surface area contributed by atoms with Gasteiger partial charge < -0.3 is 0 Å². The smallest absolute Gasteiger partial charge is 0.0900 e. The molecule has 4 heteroatoms. The van der Waals surface area contributed by atoms with Crippen LogP contribution in [-0.2, 0) is 0 Å². The van der Waals surface area contributed by atoms with Crippen LogP contribution in [0.1, 0.15) is 12.5 Å². The average Bonchev–Trinajstić information content (AvgIpc) is 2.75. The van der Waals surface area contributed by atoms with Crippen molar-refractivity contribution < 1.29 is 0 Å². The summed E-state index contributed by atoms with van der Waals surface area (Å²) in [6.07, 6.45) is 3.56. The fourth-order valence-electron chi connectivity index (χ4n) is 2.89. The number of aromatic nitrogens is 3. The fourth-order valence-corrected chi connectivity index (χ4v) is 3.02. The molecule has 0 amide bonds. The lowest BCUT2D eigenvalue weighted by molar-refractivity contribution is 1.22. The number of hydrogen-bond donors (Lipinski definition) is 0. The Bertz CT molecular complexity index is 1020. The summed E-state index contributed by atoms with van der Waals surface area (Å²) in [5, 5.41) is 0. The Balaban J connectivity index is 1.86. The zero-order chi connectivity index (χ0) is 18.6. The Morgan fingerprint density at radius 2 is 1.22 bits per heavy atom. The number of rotatable bonds is 4. The van der Waals surface area contributed by atoms with Gasteiger partial charge in [-0.1, -0.05) is 48.6 Å². The van der Waals surface area contributed by atoms with Crippen molar-refractivity contribution >= 4 is 17.1 Å². The van der Waals surface area contributed by atoms with Crippen LogP contribution in [0.4, 0.5) is 0 Å². The van der Waals surface area contributed by atoms with E-state index in [4.69, 9.17) is 17.2 Å². The first kappa shape index (κ1) is 17.2. The summed E-state index contributed by atoms with van der Waals surface area (Å²) in [6.45, 7) is 1.94. The predicted octanol–water partition coefficient (Wildman–Crippen LogP) is 5.61. The summed E-state index contributed by atoms with van der Waals surface area (Å²) in [5.41, 5.74) is 6.56. The molecule has 0 saturated carbocycles. The number of thiocarbonyl (C=S) groups is 1. The molecule has 4 aromatic rings. The van der Waals surface area contributed by atoms with Gasteiger partial charge in [-0.25, -0.2) is 4.98 Å². The van der Waals surface area contributed by atoms with E-state index in [-0.39, 0.29) is 0 Å². The number of benzene rings is 1. The van der Waals surface area contributed by atoms with Crippen LogP contribution in [0, 0.1) is 0 Å². The van der Waals surface area contributed by atoms with Crippen LogP contribution in [0.3, 0.4) is 0 Å². The van der Waals surface area contributed by atoms with Crippen molar-refractivity contribution in [2.75, 3.05) is 0 Å². The van der Waals surface area contributed by atoms with Gasteiger partial charge in [0.25, 0.3) is 0 Å². The molecule has 0 atom stereocenters. The lowest BCUT2D eigenvalue weighted by Gasteiger charge is -2.10. The van der Waals surface area contributed by atoms with Gasteiger partial charge in [-0.2, -0.15) is 0 Å². The average molecular weight is 367 g/mol. The van der Waals surface area contributed by atoms with E-state index in [0.29, 0.717) is 0 Å². The summed E-state index contributed by atoms with van der Waals surface area (Å²) >= 11 is 5.26. The maximum atomic E-state index is 5.26. The van der Waals surface area contributed by atoms with E-state index in [0.717, 1.165) is 44.3 Å². The van der Waals surface area contributed by atoms with Crippen LogP contribution in [0.25, 0.3) is 33.9 Å². The third kappa shape index (κ3) is 3.81. The number of hydrogen-bond acceptors (Lipinski definition) is 4. The Hall–Kier alpha value is -3.24. The monoisotopic (exact) mass is 367 g/mol. The molecule has 4 rings (SSSR count). The lowest BCUT2D eigenvalue weighted by Crippen LogP contribution is -1.94. The van der Waals surface area contributed by atoms with E-state index < -0.39 is 0 Å². The van der Waals surface area contributed by atoms with Crippen molar-refractivity contribution in [2.24, 2.45) is 0 Å². The maximum absolute atomic E-state index is 5.26. The van der Waals surface area contributed by atoms with Crippen molar-refractivity contribution in [3.05, 3.63) is 90.8 Å². The molecule has 0 N–H and O–H groups in total. The molecule has 0 fully saturated rings. The van der Waals surface area contributed by atoms with Crippen molar-refractivity contribution in [3.8, 4) is 33.9 Å². The highest BCUT2D eigenvalue weighted by atomic mass is 32.1. The normalized spacial score (nSPS) is 10.6. The molecule has 0 unspecified atom stereocenters. The van der Waals surface area contributed by atoms with Gasteiger partial charge in [0, 0.05) is 17.3 Å². The molecule has 0 spiro atoms. The number of pyridine rings is 3. The standard InChI is InChI=1S/C23H17N3S/c1-16(27)17-8-10-18(11-9-17)19-14-22(20-6-2-4-12-24-20)26-23(15-19)21-7-3-5-13-25-21/h2-15H,1H3. The van der Waals surface area contributed by atoms with Crippen molar-refractivity contribution in [3.63, 3.8) is 0 Å². The highest BCUT2D eigenvalue weighted by Gasteiger charge is 2.10. The van der Waals surface area contributed by atoms with Gasteiger partial charge in [0.15, 0.2) is 0 Å². The molecule has 0 aliphatic heterocycles. The highest BCUT2D eigenvalue weighted by Crippen LogP contribution is 2.29. The number of nitrogens with zero attached hydrogens (tertiary/aromatic N) is 3. The van der Waals surface area contributed by atoms with Crippen LogP contribution >= 0.6 is 12.2 Å². The first-order valence-corrected chi connectivity index (χ1v) is 9.08. The van der Waals surface area contributed by atoms with Crippen molar-refractivity contribution in [2.45, 2.75) is 6.92 Å². The molecule has 3 heterocycles. The Labute approximate surface area is 163 Å². The molecule has 1 aromatic carbocycles. The Morgan fingerprint density at radius 3 is 1.67 bits per heavy atom. The lowest BCUT2D eigenvalue weighted by atomic mass is 10.0. The van der Waals surface area contributed by atoms with Crippen LogP contribution < -0.4 is 0 Å². The highest BCUT2D eigenvalue weighted by molar-refractivity contribution is 7.80. The molecule has 0 bridgehead atoms. The minimum Gasteiger partial charge on any atom is -0.255 e. The van der Waals surface area contributed by atoms with Crippen LogP contribution in [0.5, 0.6) is 0 Å². The second kappa shape index (κ2) is 7.56. The quantitative estimate of drug-likeness (QED) is 0.347. The van der Waals surface area contributed by atoms with E-state index in [1.54, 1.807) is 12.4 Å². The first-order valence-electron chi connectivity index (χ1n) is 8.67. The largest absolute Gasteiger partial charge is 0.255 e. The molecule has 0 saturated heterocycles. The Kier molecular flexibility index (Phi) is 4.81. The third-order valence-electron chi connectivity index (χ3n) is 4.30. The van der Waals surface area contributed by atoms with E-state index in [9.17, 15) is 0 Å². The second-order valence-electron chi connectivity index (χ2n) is 6.19. The Morgan fingerprint density at radius 1 is 0.667 bits per heavy atom. The van der Waals surface area contributed by atoms with Gasteiger partial charge in [0.2, 0.25) is 0 Å². The van der Waals surface area contributed by atoms with Gasteiger partial charge in [-0.15, -0.1) is 0 Å². The van der Waals surface area contributed by atoms with Crippen molar-refractivity contribution in [1.82, 2.24) is 15.0 Å². The summed E-state index contributed by atoms with van der Waals surface area (Å²) < 4.78 is 0. The zero-order valence-electron chi connectivity index (χ0n) is 14.8. The van der Waals surface area contributed by atoms with Crippen molar-refractivity contribution in [1.29, 1.82) is 0 Å². The molecular weight excluding hydrogens is 350 g/mol. The second-order valence-corrected chi connectivity index (χ2v) is 6.80. The van der Waals surface area contributed by atoms with Gasteiger partial charge >= 0.3 is 0 Å². The predicted molar refractivity (Wildman–Crippen MR) is 114 cm³/mol. The third-order valence-corrected chi connectivity index (χ3v) is 4.54. The van der Waals surface area contributed by atoms with Gasteiger partial charge in [0.05, 0.1) is 22.8 Å². The summed E-state index contributed by atoms with van der Waals surface area (Å²) in [6, 6.07) is 24.1. The summed E-state index contributed by atoms with van der Waals surface area (Å²) in [4.78, 5) is 14.6. The topological polar surface area (TPSA) is 38.7 Å². The summed E-state index contributed by atoms with van der Waals surface area (Å²) in [7, 11) is 0. The SMILES string of the molecule is CC(=S)c1ccc(-c2cc(-c3ccccn3)nc(-c3ccccn3)c2)cc1. The van der Waals surface area contributed by atoms with Gasteiger partial charge in [-0.05, 0) is 60.0 Å². The zero-order valence-corrected chi connectivity index (χ0v) is 15.6. The molecule has 0 aliphatic rings. The minimum absolute atomic E-state index is 0.823. The van der Waals surface area contributed by atoms with Gasteiger partial charge in [0.1, 0.15) is 0 Å². The first-order chi connectivity index (χ1) is 13.2. The molecule has 3 nitrogen and oxygen atoms in total. The molecule has 130 valence electrons. The molecular formula is C23H17N3S. The minimum atomic E-state index is 0.823. The van der Waals surface area contributed by atoms with Crippen LogP contribution in [0.2, 0.25) is 0 Å². The maximum Gasteiger partial charge on any atom is 0.0900 e. The fraction of sp³-hybridized carbons (Fsp3) is 0.0435. The van der Waals surface area contributed by atoms with E-state index in [1.807, 2.05) is 43.3 Å². The van der Waals surface area contributed by atoms with E-state index in [2.05, 4.69) is 46.4 Å². The van der Waals surface area contributed by atoms with E-state index >= 15 is 0 Å². The van der Waals surface area contributed by atoms with E-state index in [1.165, 1.54) is 0 Å². The molecule has 0 aliphatic carbocycles. The molecule has 3 aromatic heterocycles.